The van der Waals surface area contributed by atoms with E-state index >= 15 is 0 Å². The van der Waals surface area contributed by atoms with Crippen LogP contribution in [0.3, 0.4) is 0 Å². The Morgan fingerprint density at radius 2 is 1.62 bits per heavy atom. The molecule has 1 heterocycles. The quantitative estimate of drug-likeness (QED) is 0.589. The number of nitrogens with zero attached hydrogens (tertiary/aromatic N) is 1. The van der Waals surface area contributed by atoms with E-state index in [0.717, 1.165) is 36.1 Å². The van der Waals surface area contributed by atoms with Crippen molar-refractivity contribution in [3.05, 3.63) is 64.7 Å². The number of nitrogens with one attached hydrogen (secondary N) is 1. The summed E-state index contributed by atoms with van der Waals surface area (Å²) in [6.45, 7) is 8.11. The Labute approximate surface area is 192 Å². The molecule has 1 saturated heterocycles. The maximum absolute atomic E-state index is 12.5. The van der Waals surface area contributed by atoms with E-state index in [1.54, 1.807) is 0 Å². The number of ether oxygens (including phenoxy) is 1. The summed E-state index contributed by atoms with van der Waals surface area (Å²) < 4.78 is 5.91. The molecule has 2 amide bonds. The van der Waals surface area contributed by atoms with Crippen molar-refractivity contribution in [2.24, 2.45) is 0 Å². The highest BCUT2D eigenvalue weighted by Gasteiger charge is 2.23. The number of amides is 2. The molecule has 0 aliphatic carbocycles. The number of aryl methyl sites for hydroxylation is 4. The molecule has 1 aliphatic heterocycles. The van der Waals surface area contributed by atoms with Crippen molar-refractivity contribution in [3.63, 3.8) is 0 Å². The molecule has 2 aromatic carbocycles. The molecule has 0 aromatic heterocycles. The summed E-state index contributed by atoms with van der Waals surface area (Å²) in [6, 6.07) is 14.6. The number of likely N-dealkylation sites (tertiary alicyclic amines) is 1. The second-order valence-electron chi connectivity index (χ2n) is 8.88. The van der Waals surface area contributed by atoms with Gasteiger partial charge in [-0.05, 0) is 63.1 Å². The molecular formula is C27H36N2O3. The fraction of sp³-hybridized carbons (Fsp3) is 0.481. The van der Waals surface area contributed by atoms with E-state index in [0.29, 0.717) is 39.0 Å². The van der Waals surface area contributed by atoms with Crippen LogP contribution >= 0.6 is 0 Å². The van der Waals surface area contributed by atoms with Crippen molar-refractivity contribution in [2.45, 2.75) is 65.3 Å². The number of rotatable bonds is 9. The highest BCUT2D eigenvalue weighted by molar-refractivity contribution is 5.77. The minimum atomic E-state index is 0.0963. The Bertz CT molecular complexity index is 879. The first-order chi connectivity index (χ1) is 15.4. The van der Waals surface area contributed by atoms with Gasteiger partial charge in [0.1, 0.15) is 5.75 Å². The third-order valence-corrected chi connectivity index (χ3v) is 6.16. The van der Waals surface area contributed by atoms with E-state index in [-0.39, 0.29) is 17.9 Å². The molecule has 0 bridgehead atoms. The maximum Gasteiger partial charge on any atom is 0.222 e. The molecule has 1 aliphatic rings. The van der Waals surface area contributed by atoms with Gasteiger partial charge in [-0.3, -0.25) is 9.59 Å². The Hall–Kier alpha value is -2.82. The molecule has 1 fully saturated rings. The van der Waals surface area contributed by atoms with E-state index in [1.807, 2.05) is 36.9 Å². The lowest BCUT2D eigenvalue weighted by Gasteiger charge is -2.32. The average Bonchev–Trinajstić information content (AvgIpc) is 2.78. The Morgan fingerprint density at radius 1 is 0.969 bits per heavy atom. The van der Waals surface area contributed by atoms with E-state index in [4.69, 9.17) is 4.74 Å². The average molecular weight is 437 g/mol. The predicted octanol–water partition coefficient (Wildman–Crippen LogP) is 4.51. The molecule has 2 aromatic rings. The monoisotopic (exact) mass is 436 g/mol. The molecule has 0 radical (unpaired) electrons. The number of para-hydroxylation sites is 1. The fourth-order valence-corrected chi connectivity index (χ4v) is 4.17. The van der Waals surface area contributed by atoms with Gasteiger partial charge in [-0.2, -0.15) is 0 Å². The van der Waals surface area contributed by atoms with Gasteiger partial charge in [0, 0.05) is 32.0 Å². The smallest absolute Gasteiger partial charge is 0.222 e. The normalized spacial score (nSPS) is 14.3. The van der Waals surface area contributed by atoms with Crippen molar-refractivity contribution < 1.29 is 14.3 Å². The zero-order chi connectivity index (χ0) is 22.9. The summed E-state index contributed by atoms with van der Waals surface area (Å²) in [5.74, 6) is 1.21. The van der Waals surface area contributed by atoms with Gasteiger partial charge in [-0.15, -0.1) is 0 Å². The summed E-state index contributed by atoms with van der Waals surface area (Å²) in [7, 11) is 0. The Balaban J connectivity index is 1.31. The van der Waals surface area contributed by atoms with Gasteiger partial charge in [-0.25, -0.2) is 0 Å². The predicted molar refractivity (Wildman–Crippen MR) is 128 cm³/mol. The highest BCUT2D eigenvalue weighted by Crippen LogP contribution is 2.22. The molecule has 0 saturated carbocycles. The van der Waals surface area contributed by atoms with Gasteiger partial charge in [0.25, 0.3) is 0 Å². The van der Waals surface area contributed by atoms with Gasteiger partial charge >= 0.3 is 0 Å². The molecule has 0 unspecified atom stereocenters. The van der Waals surface area contributed by atoms with Crippen LogP contribution in [0.5, 0.6) is 5.75 Å². The number of benzene rings is 2. The van der Waals surface area contributed by atoms with Crippen molar-refractivity contribution >= 4 is 11.8 Å². The second-order valence-corrected chi connectivity index (χ2v) is 8.88. The van der Waals surface area contributed by atoms with Gasteiger partial charge in [0.05, 0.1) is 6.61 Å². The topological polar surface area (TPSA) is 58.6 Å². The maximum atomic E-state index is 12.5. The van der Waals surface area contributed by atoms with Crippen LogP contribution in [0, 0.1) is 20.8 Å². The van der Waals surface area contributed by atoms with Gasteiger partial charge in [0.15, 0.2) is 0 Å². The first kappa shape index (κ1) is 23.8. The molecule has 5 nitrogen and oxygen atoms in total. The number of carbonyl (C=O) groups is 2. The molecule has 0 atom stereocenters. The Morgan fingerprint density at radius 3 is 2.28 bits per heavy atom. The van der Waals surface area contributed by atoms with Gasteiger partial charge in [-0.1, -0.05) is 48.0 Å². The first-order valence-corrected chi connectivity index (χ1v) is 11.7. The van der Waals surface area contributed by atoms with Crippen LogP contribution in [0.2, 0.25) is 0 Å². The molecule has 172 valence electrons. The van der Waals surface area contributed by atoms with Crippen LogP contribution in [-0.4, -0.2) is 42.5 Å². The minimum absolute atomic E-state index is 0.0963. The van der Waals surface area contributed by atoms with Crippen LogP contribution in [-0.2, 0) is 16.0 Å². The van der Waals surface area contributed by atoms with Gasteiger partial charge in [0.2, 0.25) is 11.8 Å². The number of carbonyl (C=O) groups excluding carboxylic acids is 2. The molecule has 0 spiro atoms. The number of piperidine rings is 1. The zero-order valence-corrected chi connectivity index (χ0v) is 19.7. The van der Waals surface area contributed by atoms with Gasteiger partial charge < -0.3 is 15.0 Å². The molecule has 1 N–H and O–H groups in total. The summed E-state index contributed by atoms with van der Waals surface area (Å²) >= 11 is 0. The highest BCUT2D eigenvalue weighted by atomic mass is 16.5. The largest absolute Gasteiger partial charge is 0.493 e. The number of hydrogen-bond donors (Lipinski definition) is 1. The second kappa shape index (κ2) is 11.7. The van der Waals surface area contributed by atoms with Crippen molar-refractivity contribution in [1.29, 1.82) is 0 Å². The summed E-state index contributed by atoms with van der Waals surface area (Å²) in [5, 5.41) is 3.14. The van der Waals surface area contributed by atoms with E-state index < -0.39 is 0 Å². The van der Waals surface area contributed by atoms with Crippen LogP contribution in [0.25, 0.3) is 0 Å². The lowest BCUT2D eigenvalue weighted by molar-refractivity contribution is -0.132. The fourth-order valence-electron chi connectivity index (χ4n) is 4.17. The summed E-state index contributed by atoms with van der Waals surface area (Å²) in [6.07, 6.45) is 4.11. The van der Waals surface area contributed by atoms with E-state index in [1.165, 1.54) is 11.1 Å². The molecular weight excluding hydrogens is 400 g/mol. The Kier molecular flexibility index (Phi) is 8.72. The van der Waals surface area contributed by atoms with Crippen molar-refractivity contribution in [1.82, 2.24) is 10.2 Å². The lowest BCUT2D eigenvalue weighted by atomic mass is 10.0. The third kappa shape index (κ3) is 7.11. The zero-order valence-electron chi connectivity index (χ0n) is 19.7. The van der Waals surface area contributed by atoms with Crippen molar-refractivity contribution in [3.8, 4) is 5.75 Å². The standard InChI is InChI=1S/C27H36N2O3/c1-20-9-11-23(12-10-20)13-14-25(30)28-24-15-17-29(18-16-24)26(31)8-5-19-32-27-21(2)6-4-7-22(27)3/h4,6-7,9-12,24H,5,8,13-19H2,1-3H3,(H,28,30). The third-order valence-electron chi connectivity index (χ3n) is 6.16. The van der Waals surface area contributed by atoms with Crippen LogP contribution in [0.15, 0.2) is 42.5 Å². The molecule has 3 rings (SSSR count). The van der Waals surface area contributed by atoms with E-state index in [9.17, 15) is 9.59 Å². The van der Waals surface area contributed by atoms with E-state index in [2.05, 4.69) is 36.5 Å². The first-order valence-electron chi connectivity index (χ1n) is 11.7. The number of hydrogen-bond acceptors (Lipinski definition) is 3. The molecule has 32 heavy (non-hydrogen) atoms. The van der Waals surface area contributed by atoms with Crippen LogP contribution < -0.4 is 10.1 Å². The van der Waals surface area contributed by atoms with Crippen molar-refractivity contribution in [2.75, 3.05) is 19.7 Å². The SMILES string of the molecule is Cc1ccc(CCC(=O)NC2CCN(C(=O)CCCOc3c(C)cccc3C)CC2)cc1. The summed E-state index contributed by atoms with van der Waals surface area (Å²) in [5.41, 5.74) is 4.67. The summed E-state index contributed by atoms with van der Waals surface area (Å²) in [4.78, 5) is 26.8. The lowest BCUT2D eigenvalue weighted by Crippen LogP contribution is -2.46. The van der Waals surface area contributed by atoms with Crippen LogP contribution in [0.1, 0.15) is 54.4 Å². The van der Waals surface area contributed by atoms with Crippen LogP contribution in [0.4, 0.5) is 0 Å². The molecule has 5 heteroatoms. The minimum Gasteiger partial charge on any atom is -0.493 e.